The van der Waals surface area contributed by atoms with E-state index in [0.29, 0.717) is 0 Å². The monoisotopic (exact) mass is 583 g/mol. The number of carboxylic acid groups (broad SMARTS) is 3. The first-order valence-electron chi connectivity index (χ1n) is 9.75. The molecule has 171 valence electrons. The van der Waals surface area contributed by atoms with Crippen LogP contribution in [0.4, 0.5) is 0 Å². The summed E-state index contributed by atoms with van der Waals surface area (Å²) >= 11 is 0. The standard InChI is InChI=1S/3C9H8O2.La/c3*10-9(11)7-6-8-4-2-1-3-5-8;/h3*1-7H,(H,10,11);/b3*7-6+;. The van der Waals surface area contributed by atoms with Crippen LogP contribution in [0.1, 0.15) is 16.7 Å². The van der Waals surface area contributed by atoms with Gasteiger partial charge in [0.15, 0.2) is 0 Å². The van der Waals surface area contributed by atoms with Crippen LogP contribution in [0.25, 0.3) is 18.2 Å². The third kappa shape index (κ3) is 17.1. The van der Waals surface area contributed by atoms with Crippen LogP contribution in [-0.4, -0.2) is 33.2 Å². The molecule has 3 aromatic rings. The summed E-state index contributed by atoms with van der Waals surface area (Å²) in [6, 6.07) is 27.9. The van der Waals surface area contributed by atoms with Gasteiger partial charge in [0.2, 0.25) is 0 Å². The molecule has 0 amide bonds. The number of aliphatic carboxylic acids is 3. The number of carbonyl (C=O) groups is 3. The van der Waals surface area contributed by atoms with Crippen molar-refractivity contribution in [3.8, 4) is 0 Å². The minimum Gasteiger partial charge on any atom is -0.478 e. The molecule has 0 spiro atoms. The molecule has 7 heteroatoms. The summed E-state index contributed by atoms with van der Waals surface area (Å²) in [4.78, 5) is 30.3. The molecule has 0 unspecified atom stereocenters. The van der Waals surface area contributed by atoms with Gasteiger partial charge < -0.3 is 15.3 Å². The molecule has 0 heterocycles. The predicted molar refractivity (Wildman–Crippen MR) is 129 cm³/mol. The van der Waals surface area contributed by atoms with E-state index in [2.05, 4.69) is 0 Å². The van der Waals surface area contributed by atoms with Crippen molar-refractivity contribution in [3.05, 3.63) is 126 Å². The summed E-state index contributed by atoms with van der Waals surface area (Å²) in [6.45, 7) is 0. The topological polar surface area (TPSA) is 112 Å². The third-order valence-electron chi connectivity index (χ3n) is 3.65. The van der Waals surface area contributed by atoms with Crippen LogP contribution >= 0.6 is 0 Å². The number of benzene rings is 3. The number of rotatable bonds is 6. The SMILES string of the molecule is O=C(O)/C=C/c1ccccc1.O=C(O)/C=C/c1ccccc1.O=C(O)/C=C/c1ccccc1.[La]. The van der Waals surface area contributed by atoms with E-state index in [1.54, 1.807) is 18.2 Å². The molecule has 0 saturated carbocycles. The van der Waals surface area contributed by atoms with Crippen molar-refractivity contribution in [2.75, 3.05) is 0 Å². The maximum Gasteiger partial charge on any atom is 0.328 e. The largest absolute Gasteiger partial charge is 0.478 e. The van der Waals surface area contributed by atoms with E-state index in [1.165, 1.54) is 0 Å². The van der Waals surface area contributed by atoms with Gasteiger partial charge in [-0.2, -0.15) is 0 Å². The average Bonchev–Trinajstić information content (AvgIpc) is 2.83. The molecule has 3 N–H and O–H groups in total. The maximum atomic E-state index is 10.1. The normalized spacial score (nSPS) is 9.88. The minimum absolute atomic E-state index is 0. The first-order chi connectivity index (χ1) is 15.9. The summed E-state index contributed by atoms with van der Waals surface area (Å²) in [5.74, 6) is -2.77. The van der Waals surface area contributed by atoms with Crippen molar-refractivity contribution in [1.29, 1.82) is 0 Å². The number of carboxylic acids is 3. The van der Waals surface area contributed by atoms with Gasteiger partial charge >= 0.3 is 17.9 Å². The Kier molecular flexibility index (Phi) is 17.0. The molecule has 0 fully saturated rings. The Morgan fingerprint density at radius 1 is 0.441 bits per heavy atom. The molecule has 0 aliphatic rings. The van der Waals surface area contributed by atoms with Crippen molar-refractivity contribution >= 4 is 36.1 Å². The van der Waals surface area contributed by atoms with Gasteiger partial charge in [-0.15, -0.1) is 0 Å². The Labute approximate surface area is 226 Å². The minimum atomic E-state index is -0.922. The molecule has 0 bridgehead atoms. The maximum absolute atomic E-state index is 10.1. The van der Waals surface area contributed by atoms with Gasteiger partial charge in [-0.1, -0.05) is 91.0 Å². The molecule has 0 aliphatic carbocycles. The van der Waals surface area contributed by atoms with Crippen molar-refractivity contribution in [3.63, 3.8) is 0 Å². The van der Waals surface area contributed by atoms with E-state index in [9.17, 15) is 14.4 Å². The van der Waals surface area contributed by atoms with Gasteiger partial charge in [0.05, 0.1) is 0 Å². The molecule has 34 heavy (non-hydrogen) atoms. The van der Waals surface area contributed by atoms with Gasteiger partial charge in [-0.25, -0.2) is 14.4 Å². The van der Waals surface area contributed by atoms with Crippen LogP contribution in [0.15, 0.2) is 109 Å². The predicted octanol–water partition coefficient (Wildman–Crippen LogP) is 5.35. The van der Waals surface area contributed by atoms with Crippen molar-refractivity contribution < 1.29 is 65.3 Å². The van der Waals surface area contributed by atoms with Crippen molar-refractivity contribution in [2.24, 2.45) is 0 Å². The molecule has 3 aromatic carbocycles. The van der Waals surface area contributed by atoms with Gasteiger partial charge in [0.1, 0.15) is 0 Å². The van der Waals surface area contributed by atoms with Crippen LogP contribution in [0.5, 0.6) is 0 Å². The second kappa shape index (κ2) is 19.0. The Morgan fingerprint density at radius 2 is 0.647 bits per heavy atom. The van der Waals surface area contributed by atoms with Gasteiger partial charge in [0.25, 0.3) is 0 Å². The smallest absolute Gasteiger partial charge is 0.328 e. The van der Waals surface area contributed by atoms with Crippen LogP contribution in [0.2, 0.25) is 0 Å². The summed E-state index contributed by atoms with van der Waals surface area (Å²) in [6.07, 6.45) is 8.03. The Hall–Kier alpha value is -3.52. The summed E-state index contributed by atoms with van der Waals surface area (Å²) in [7, 11) is 0. The molecule has 0 atom stereocenters. The molecular formula is C27H24LaO6. The molecule has 3 rings (SSSR count). The summed E-state index contributed by atoms with van der Waals surface area (Å²) < 4.78 is 0. The molecular weight excluding hydrogens is 559 g/mol. The fraction of sp³-hybridized carbons (Fsp3) is 0. The fourth-order valence-electron chi connectivity index (χ4n) is 2.19. The molecule has 0 aromatic heterocycles. The second-order valence-corrected chi connectivity index (χ2v) is 6.25. The van der Waals surface area contributed by atoms with Crippen molar-refractivity contribution in [2.45, 2.75) is 0 Å². The van der Waals surface area contributed by atoms with E-state index in [1.807, 2.05) is 91.0 Å². The zero-order valence-electron chi connectivity index (χ0n) is 18.3. The van der Waals surface area contributed by atoms with Gasteiger partial charge in [-0.3, -0.25) is 0 Å². The van der Waals surface area contributed by atoms with Crippen LogP contribution in [0, 0.1) is 35.6 Å². The average molecular weight is 583 g/mol. The fourth-order valence-corrected chi connectivity index (χ4v) is 2.19. The molecule has 0 saturated heterocycles. The number of hydrogen-bond acceptors (Lipinski definition) is 3. The summed E-state index contributed by atoms with van der Waals surface area (Å²) in [5, 5.41) is 24.9. The zero-order chi connectivity index (χ0) is 24.3. The summed E-state index contributed by atoms with van der Waals surface area (Å²) in [5.41, 5.74) is 2.69. The zero-order valence-corrected chi connectivity index (χ0v) is 21.9. The van der Waals surface area contributed by atoms with E-state index < -0.39 is 17.9 Å². The Balaban J connectivity index is 0.000000473. The molecule has 6 nitrogen and oxygen atoms in total. The Morgan fingerprint density at radius 3 is 0.824 bits per heavy atom. The number of hydrogen-bond donors (Lipinski definition) is 3. The first-order valence-corrected chi connectivity index (χ1v) is 9.75. The van der Waals surface area contributed by atoms with E-state index in [4.69, 9.17) is 15.3 Å². The van der Waals surface area contributed by atoms with E-state index in [0.717, 1.165) is 34.9 Å². The van der Waals surface area contributed by atoms with E-state index >= 15 is 0 Å². The molecule has 1 radical (unpaired) electrons. The third-order valence-corrected chi connectivity index (χ3v) is 3.65. The quantitative estimate of drug-likeness (QED) is 0.338. The molecule has 0 aliphatic heterocycles. The van der Waals surface area contributed by atoms with Gasteiger partial charge in [0, 0.05) is 53.8 Å². The Bertz CT molecular complexity index is 934. The van der Waals surface area contributed by atoms with E-state index in [-0.39, 0.29) is 35.6 Å². The first kappa shape index (κ1) is 30.5. The van der Waals surface area contributed by atoms with Crippen LogP contribution < -0.4 is 0 Å². The van der Waals surface area contributed by atoms with Gasteiger partial charge in [-0.05, 0) is 34.9 Å². The second-order valence-electron chi connectivity index (χ2n) is 6.25. The van der Waals surface area contributed by atoms with Crippen LogP contribution in [-0.2, 0) is 14.4 Å². The van der Waals surface area contributed by atoms with Crippen molar-refractivity contribution in [1.82, 2.24) is 0 Å². The van der Waals surface area contributed by atoms with Crippen LogP contribution in [0.3, 0.4) is 0 Å².